The third-order valence-corrected chi connectivity index (χ3v) is 7.90. The fraction of sp³-hybridized carbons (Fsp3) is 0.381. The zero-order valence-corrected chi connectivity index (χ0v) is 19.7. The highest BCUT2D eigenvalue weighted by molar-refractivity contribution is 7.89. The Labute approximate surface area is 204 Å². The number of halogens is 4. The van der Waals surface area contributed by atoms with E-state index in [1.54, 1.807) is 0 Å². The van der Waals surface area contributed by atoms with Crippen LogP contribution in [0.5, 0.6) is 0 Å². The Kier molecular flexibility index (Phi) is 6.67. The van der Waals surface area contributed by atoms with Gasteiger partial charge in [-0.3, -0.25) is 9.64 Å². The lowest BCUT2D eigenvalue weighted by Gasteiger charge is -2.35. The molecule has 0 saturated carbocycles. The Morgan fingerprint density at radius 3 is 2.40 bits per heavy atom. The van der Waals surface area contributed by atoms with Crippen molar-refractivity contribution >= 4 is 39.0 Å². The first kappa shape index (κ1) is 25.2. The van der Waals surface area contributed by atoms with Gasteiger partial charge in [0.15, 0.2) is 0 Å². The predicted octanol–water partition coefficient (Wildman–Crippen LogP) is 2.57. The number of amides is 1. The molecule has 2 aromatic rings. The van der Waals surface area contributed by atoms with Crippen LogP contribution in [-0.4, -0.2) is 62.0 Å². The van der Waals surface area contributed by atoms with Crippen molar-refractivity contribution in [3.63, 3.8) is 0 Å². The number of carbonyl (C=O) groups excluding carboxylic acids is 1. The normalized spacial score (nSPS) is 21.9. The highest BCUT2D eigenvalue weighted by atomic mass is 35.5. The quantitative estimate of drug-likeness (QED) is 0.483. The molecule has 0 radical (unpaired) electrons. The maximum atomic E-state index is 13.3. The van der Waals surface area contributed by atoms with Gasteiger partial charge in [0.2, 0.25) is 15.9 Å². The zero-order chi connectivity index (χ0) is 25.5. The molecule has 0 aliphatic carbocycles. The third-order valence-electron chi connectivity index (χ3n) is 5.80. The minimum Gasteiger partial charge on any atom is -0.346 e. The maximum Gasteiger partial charge on any atom is 0.416 e. The molecule has 0 spiro atoms. The van der Waals surface area contributed by atoms with Crippen molar-refractivity contribution in [2.24, 2.45) is 5.73 Å². The summed E-state index contributed by atoms with van der Waals surface area (Å²) in [7, 11) is -4.09. The largest absolute Gasteiger partial charge is 0.416 e. The Balaban J connectivity index is 1.54. The number of benzene rings is 1. The molecule has 14 heteroatoms. The molecule has 2 unspecified atom stereocenters. The number of carbonyl (C=O) groups is 1. The van der Waals surface area contributed by atoms with Crippen LogP contribution in [0.2, 0.25) is 5.15 Å². The van der Waals surface area contributed by atoms with Gasteiger partial charge in [0.05, 0.1) is 10.5 Å². The molecule has 9 nitrogen and oxygen atoms in total. The summed E-state index contributed by atoms with van der Waals surface area (Å²) in [4.78, 5) is 22.2. The van der Waals surface area contributed by atoms with Crippen molar-refractivity contribution in [3.05, 3.63) is 58.5 Å². The van der Waals surface area contributed by atoms with Gasteiger partial charge in [-0.1, -0.05) is 11.6 Å². The molecule has 1 aromatic heterocycles. The van der Waals surface area contributed by atoms with Gasteiger partial charge < -0.3 is 15.5 Å². The molecule has 2 N–H and O–H groups in total. The SMILES string of the molecule is [C-]#[N+]C1CN(c2cc(C(F)(F)F)cc(Cl)n2)CCN1S(=O)(=O)c1ccc(N2CC(N)CC2=O)cc1. The van der Waals surface area contributed by atoms with E-state index in [-0.39, 0.29) is 53.9 Å². The van der Waals surface area contributed by atoms with Gasteiger partial charge in [-0.05, 0) is 36.4 Å². The average Bonchev–Trinajstić information content (AvgIpc) is 3.15. The molecule has 0 bridgehead atoms. The lowest BCUT2D eigenvalue weighted by molar-refractivity contribution is -0.137. The van der Waals surface area contributed by atoms with Gasteiger partial charge in [-0.15, -0.1) is 4.31 Å². The number of nitrogens with two attached hydrogens (primary N) is 1. The minimum atomic E-state index is -4.64. The van der Waals surface area contributed by atoms with E-state index in [0.717, 1.165) is 10.4 Å². The van der Waals surface area contributed by atoms with Crippen LogP contribution >= 0.6 is 11.6 Å². The van der Waals surface area contributed by atoms with Crippen LogP contribution in [0.4, 0.5) is 24.7 Å². The second kappa shape index (κ2) is 9.27. The maximum absolute atomic E-state index is 13.3. The van der Waals surface area contributed by atoms with Gasteiger partial charge >= 0.3 is 12.3 Å². The lowest BCUT2D eigenvalue weighted by atomic mass is 10.2. The van der Waals surface area contributed by atoms with Gasteiger partial charge in [-0.25, -0.2) is 20.0 Å². The Hall–Kier alpha value is -2.92. The first-order chi connectivity index (χ1) is 16.4. The number of sulfonamides is 1. The van der Waals surface area contributed by atoms with Crippen LogP contribution in [-0.2, 0) is 21.0 Å². The number of piperazine rings is 1. The van der Waals surface area contributed by atoms with E-state index >= 15 is 0 Å². The van der Waals surface area contributed by atoms with Crippen LogP contribution in [0.3, 0.4) is 0 Å². The summed E-state index contributed by atoms with van der Waals surface area (Å²) in [6.07, 6.45) is -5.62. The fourth-order valence-electron chi connectivity index (χ4n) is 4.07. The molecule has 35 heavy (non-hydrogen) atoms. The van der Waals surface area contributed by atoms with Gasteiger partial charge in [0.25, 0.3) is 0 Å². The molecule has 2 atom stereocenters. The number of hydrogen-bond acceptors (Lipinski definition) is 6. The van der Waals surface area contributed by atoms with E-state index in [4.69, 9.17) is 23.9 Å². The Morgan fingerprint density at radius 2 is 1.83 bits per heavy atom. The summed E-state index contributed by atoms with van der Waals surface area (Å²) in [5, 5.41) is -0.359. The molecule has 2 aliphatic heterocycles. The van der Waals surface area contributed by atoms with Crippen molar-refractivity contribution in [1.82, 2.24) is 9.29 Å². The predicted molar refractivity (Wildman–Crippen MR) is 122 cm³/mol. The van der Waals surface area contributed by atoms with E-state index in [0.29, 0.717) is 18.3 Å². The van der Waals surface area contributed by atoms with Crippen molar-refractivity contribution < 1.29 is 26.4 Å². The summed E-state index contributed by atoms with van der Waals surface area (Å²) >= 11 is 5.77. The average molecular weight is 529 g/mol. The molecule has 1 aromatic carbocycles. The molecule has 186 valence electrons. The number of pyridine rings is 1. The monoisotopic (exact) mass is 528 g/mol. The highest BCUT2D eigenvalue weighted by Crippen LogP contribution is 2.34. The first-order valence-electron chi connectivity index (χ1n) is 10.4. The van der Waals surface area contributed by atoms with E-state index in [9.17, 15) is 26.4 Å². The summed E-state index contributed by atoms with van der Waals surface area (Å²) in [6.45, 7) is 7.51. The third kappa shape index (κ3) is 5.06. The summed E-state index contributed by atoms with van der Waals surface area (Å²) in [6, 6.07) is 6.93. The summed E-state index contributed by atoms with van der Waals surface area (Å²) in [5.41, 5.74) is 5.33. The Morgan fingerprint density at radius 1 is 1.14 bits per heavy atom. The van der Waals surface area contributed by atoms with Crippen molar-refractivity contribution in [3.8, 4) is 0 Å². The topological polar surface area (TPSA) is 104 Å². The smallest absolute Gasteiger partial charge is 0.346 e. The minimum absolute atomic E-state index is 0.00808. The van der Waals surface area contributed by atoms with Crippen LogP contribution in [0.1, 0.15) is 12.0 Å². The van der Waals surface area contributed by atoms with Crippen LogP contribution in [0, 0.1) is 6.57 Å². The number of hydrogen-bond donors (Lipinski definition) is 1. The Bertz CT molecular complexity index is 1280. The lowest BCUT2D eigenvalue weighted by Crippen LogP contribution is -2.54. The fourth-order valence-corrected chi connectivity index (χ4v) is 5.78. The highest BCUT2D eigenvalue weighted by Gasteiger charge is 2.41. The van der Waals surface area contributed by atoms with E-state index in [1.165, 1.54) is 34.1 Å². The number of rotatable bonds is 4. The molecule has 1 amide bonds. The van der Waals surface area contributed by atoms with Crippen molar-refractivity contribution in [2.75, 3.05) is 36.0 Å². The summed E-state index contributed by atoms with van der Waals surface area (Å²) in [5.74, 6) is -0.242. The summed E-state index contributed by atoms with van der Waals surface area (Å²) < 4.78 is 67.0. The second-order valence-corrected chi connectivity index (χ2v) is 10.4. The van der Waals surface area contributed by atoms with E-state index in [2.05, 4.69) is 9.83 Å². The first-order valence-corrected chi connectivity index (χ1v) is 12.3. The molecular formula is C21H20ClF3N6O3S. The number of nitrogens with zero attached hydrogens (tertiary/aromatic N) is 5. The van der Waals surface area contributed by atoms with Gasteiger partial charge in [-0.2, -0.15) is 13.2 Å². The molecular weight excluding hydrogens is 509 g/mol. The number of anilines is 2. The van der Waals surface area contributed by atoms with Crippen molar-refractivity contribution in [1.29, 1.82) is 0 Å². The van der Waals surface area contributed by atoms with Crippen LogP contribution in [0.15, 0.2) is 41.3 Å². The van der Waals surface area contributed by atoms with E-state index in [1.807, 2.05) is 0 Å². The van der Waals surface area contributed by atoms with Crippen LogP contribution < -0.4 is 15.5 Å². The molecule has 3 heterocycles. The molecule has 2 aliphatic rings. The van der Waals surface area contributed by atoms with E-state index < -0.39 is 27.9 Å². The number of aromatic nitrogens is 1. The number of alkyl halides is 3. The molecule has 2 saturated heterocycles. The van der Waals surface area contributed by atoms with Crippen LogP contribution in [0.25, 0.3) is 4.85 Å². The van der Waals surface area contributed by atoms with Gasteiger partial charge in [0, 0.05) is 37.8 Å². The zero-order valence-electron chi connectivity index (χ0n) is 18.1. The second-order valence-electron chi connectivity index (χ2n) is 8.17. The standard InChI is InChI=1S/C21H20ClF3N6O3S/c1-27-19-12-29(18-9-13(21(23,24)25)8-17(22)28-18)6-7-31(19)35(33,34)16-4-2-15(3-5-16)30-11-14(26)10-20(30)32/h2-5,8-9,14,19H,6-7,10-12,26H2. The molecule has 4 rings (SSSR count). The molecule has 2 fully saturated rings. The van der Waals surface area contributed by atoms with Crippen molar-refractivity contribution in [2.45, 2.75) is 29.7 Å². The van der Waals surface area contributed by atoms with Gasteiger partial charge in [0.1, 0.15) is 17.5 Å².